The van der Waals surface area contributed by atoms with Crippen molar-refractivity contribution in [3.63, 3.8) is 0 Å². The summed E-state index contributed by atoms with van der Waals surface area (Å²) in [4.78, 5) is 10.2. The molecule has 0 aliphatic heterocycles. The molecule has 0 unspecified atom stereocenters. The van der Waals surface area contributed by atoms with Crippen molar-refractivity contribution in [3.8, 4) is 0 Å². The minimum absolute atomic E-state index is 0.485. The number of carboxylic acids is 1. The number of halogens is 4. The van der Waals surface area contributed by atoms with Crippen LogP contribution >= 0.6 is 11.6 Å². The van der Waals surface area contributed by atoms with E-state index in [2.05, 4.69) is 0 Å². The predicted molar refractivity (Wildman–Crippen MR) is 47.6 cm³/mol. The maximum Gasteiger partial charge on any atom is 0.309 e. The summed E-state index contributed by atoms with van der Waals surface area (Å²) < 4.78 is 39.5. The number of aliphatic carboxylic acids is 1. The average Bonchev–Trinajstić information content (AvgIpc) is 1.99. The van der Waals surface area contributed by atoms with Gasteiger partial charge in [-0.2, -0.15) is 0 Å². The lowest BCUT2D eigenvalue weighted by Crippen LogP contribution is -2.20. The minimum Gasteiger partial charge on any atom is -0.481 e. The maximum absolute atomic E-state index is 13.2. The van der Waals surface area contributed by atoms with Crippen molar-refractivity contribution in [2.24, 2.45) is 0 Å². The van der Waals surface area contributed by atoms with E-state index in [4.69, 9.17) is 16.7 Å². The molecule has 1 rings (SSSR count). The molecule has 82 valence electrons. The molecular weight excluding hydrogens is 233 g/mol. The summed E-state index contributed by atoms with van der Waals surface area (Å²) in [5.74, 6) is -6.75. The van der Waals surface area contributed by atoms with Crippen molar-refractivity contribution in [2.45, 2.75) is 12.3 Å². The number of benzene rings is 1. The van der Waals surface area contributed by atoms with Gasteiger partial charge in [0, 0.05) is 0 Å². The third kappa shape index (κ3) is 2.62. The Balaban J connectivity index is 3.19. The van der Waals surface area contributed by atoms with Gasteiger partial charge in [0.1, 0.15) is 12.2 Å². The van der Waals surface area contributed by atoms with Gasteiger partial charge in [0.25, 0.3) is 5.92 Å². The maximum atomic E-state index is 13.2. The Morgan fingerprint density at radius 1 is 1.47 bits per heavy atom. The Kier molecular flexibility index (Phi) is 3.24. The van der Waals surface area contributed by atoms with Gasteiger partial charge >= 0.3 is 5.97 Å². The van der Waals surface area contributed by atoms with Crippen LogP contribution in [0, 0.1) is 5.82 Å². The van der Waals surface area contributed by atoms with Crippen molar-refractivity contribution in [2.75, 3.05) is 0 Å². The van der Waals surface area contributed by atoms with Crippen LogP contribution in [-0.4, -0.2) is 11.1 Å². The van der Waals surface area contributed by atoms with E-state index in [-0.39, 0.29) is 0 Å². The van der Waals surface area contributed by atoms with Gasteiger partial charge in [-0.3, -0.25) is 4.79 Å². The number of hydrogen-bond acceptors (Lipinski definition) is 1. The van der Waals surface area contributed by atoms with E-state index in [0.717, 1.165) is 18.2 Å². The summed E-state index contributed by atoms with van der Waals surface area (Å²) in [7, 11) is 0. The molecular formula is C9H6ClF3O2. The van der Waals surface area contributed by atoms with E-state index in [1.54, 1.807) is 0 Å². The third-order valence-electron chi connectivity index (χ3n) is 1.70. The molecule has 0 atom stereocenters. The zero-order chi connectivity index (χ0) is 11.6. The lowest BCUT2D eigenvalue weighted by Gasteiger charge is -2.16. The molecule has 0 bridgehead atoms. The quantitative estimate of drug-likeness (QED) is 0.879. The van der Waals surface area contributed by atoms with Gasteiger partial charge in [-0.15, -0.1) is 0 Å². The molecule has 0 amide bonds. The Hall–Kier alpha value is -1.23. The molecule has 1 aromatic rings. The van der Waals surface area contributed by atoms with Gasteiger partial charge in [0.15, 0.2) is 0 Å². The summed E-state index contributed by atoms with van der Waals surface area (Å²) >= 11 is 5.38. The fraction of sp³-hybridized carbons (Fsp3) is 0.222. The molecule has 1 N–H and O–H groups in total. The van der Waals surface area contributed by atoms with E-state index in [1.165, 1.54) is 0 Å². The molecule has 0 saturated carbocycles. The molecule has 0 aliphatic rings. The van der Waals surface area contributed by atoms with E-state index >= 15 is 0 Å². The van der Waals surface area contributed by atoms with Crippen LogP contribution in [0.25, 0.3) is 0 Å². The molecule has 15 heavy (non-hydrogen) atoms. The summed E-state index contributed by atoms with van der Waals surface area (Å²) in [5, 5.41) is 7.76. The predicted octanol–water partition coefficient (Wildman–Crippen LogP) is 3.05. The highest BCUT2D eigenvalue weighted by molar-refractivity contribution is 6.31. The lowest BCUT2D eigenvalue weighted by atomic mass is 10.0. The normalized spacial score (nSPS) is 11.5. The smallest absolute Gasteiger partial charge is 0.309 e. The van der Waals surface area contributed by atoms with Gasteiger partial charge in [-0.25, -0.2) is 13.2 Å². The van der Waals surface area contributed by atoms with Gasteiger partial charge < -0.3 is 5.11 Å². The highest BCUT2D eigenvalue weighted by Crippen LogP contribution is 2.37. The van der Waals surface area contributed by atoms with Crippen molar-refractivity contribution >= 4 is 17.6 Å². The molecule has 0 fully saturated rings. The number of alkyl halides is 2. The van der Waals surface area contributed by atoms with Gasteiger partial charge in [-0.1, -0.05) is 17.7 Å². The first-order chi connectivity index (χ1) is 6.84. The van der Waals surface area contributed by atoms with Crippen LogP contribution in [-0.2, 0) is 10.7 Å². The van der Waals surface area contributed by atoms with Crippen LogP contribution in [0.5, 0.6) is 0 Å². The summed E-state index contributed by atoms with van der Waals surface area (Å²) in [6.45, 7) is 0. The molecule has 1 aromatic carbocycles. The summed E-state index contributed by atoms with van der Waals surface area (Å²) in [6, 6.07) is 3.05. The van der Waals surface area contributed by atoms with Crippen molar-refractivity contribution in [1.82, 2.24) is 0 Å². The van der Waals surface area contributed by atoms with Crippen LogP contribution in [0.2, 0.25) is 5.02 Å². The molecule has 0 spiro atoms. The van der Waals surface area contributed by atoms with Gasteiger partial charge in [0.05, 0.1) is 10.6 Å². The molecule has 6 heteroatoms. The highest BCUT2D eigenvalue weighted by atomic mass is 35.5. The van der Waals surface area contributed by atoms with Crippen molar-refractivity contribution in [1.29, 1.82) is 0 Å². The minimum atomic E-state index is -3.81. The first-order valence-corrected chi connectivity index (χ1v) is 4.26. The summed E-state index contributed by atoms with van der Waals surface area (Å²) in [5.41, 5.74) is -1.07. The number of rotatable bonds is 3. The van der Waals surface area contributed by atoms with E-state index in [0.29, 0.717) is 0 Å². The average molecular weight is 239 g/mol. The van der Waals surface area contributed by atoms with Gasteiger partial charge in [-0.05, 0) is 12.1 Å². The molecule has 0 heterocycles. The number of hydrogen-bond donors (Lipinski definition) is 1. The first kappa shape index (κ1) is 11.8. The largest absolute Gasteiger partial charge is 0.481 e. The highest BCUT2D eigenvalue weighted by Gasteiger charge is 2.39. The zero-order valence-electron chi connectivity index (χ0n) is 7.31. The van der Waals surface area contributed by atoms with Crippen molar-refractivity contribution < 1.29 is 23.1 Å². The summed E-state index contributed by atoms with van der Waals surface area (Å²) in [6.07, 6.45) is -1.49. The Labute approximate surface area is 88.3 Å². The number of carbonyl (C=O) groups is 1. The molecule has 0 aliphatic carbocycles. The zero-order valence-corrected chi connectivity index (χ0v) is 8.06. The monoisotopic (exact) mass is 238 g/mol. The molecule has 0 aromatic heterocycles. The Morgan fingerprint density at radius 3 is 2.53 bits per heavy atom. The second-order valence-electron chi connectivity index (χ2n) is 2.87. The molecule has 0 radical (unpaired) electrons. The Morgan fingerprint density at radius 2 is 2.07 bits per heavy atom. The lowest BCUT2D eigenvalue weighted by molar-refractivity contribution is -0.145. The molecule has 0 saturated heterocycles. The molecule has 2 nitrogen and oxygen atoms in total. The van der Waals surface area contributed by atoms with E-state index < -0.39 is 34.7 Å². The van der Waals surface area contributed by atoms with E-state index in [1.807, 2.05) is 0 Å². The van der Waals surface area contributed by atoms with Crippen LogP contribution in [0.1, 0.15) is 12.0 Å². The third-order valence-corrected chi connectivity index (χ3v) is 2.02. The van der Waals surface area contributed by atoms with Crippen LogP contribution in [0.3, 0.4) is 0 Å². The first-order valence-electron chi connectivity index (χ1n) is 3.88. The van der Waals surface area contributed by atoms with Gasteiger partial charge in [0.2, 0.25) is 0 Å². The Bertz CT molecular complexity index is 373. The van der Waals surface area contributed by atoms with Crippen LogP contribution in [0.15, 0.2) is 18.2 Å². The van der Waals surface area contributed by atoms with Crippen LogP contribution < -0.4 is 0 Å². The van der Waals surface area contributed by atoms with E-state index in [9.17, 15) is 18.0 Å². The fourth-order valence-corrected chi connectivity index (χ4v) is 1.43. The number of carboxylic acid groups (broad SMARTS) is 1. The second kappa shape index (κ2) is 4.10. The topological polar surface area (TPSA) is 37.3 Å². The fourth-order valence-electron chi connectivity index (χ4n) is 1.13. The SMILES string of the molecule is O=C(O)CC(F)(F)c1c(F)cccc1Cl. The van der Waals surface area contributed by atoms with Crippen molar-refractivity contribution in [3.05, 3.63) is 34.6 Å². The van der Waals surface area contributed by atoms with Crippen LogP contribution in [0.4, 0.5) is 13.2 Å². The standard InChI is InChI=1S/C9H6ClF3O2/c10-5-2-1-3-6(11)8(5)9(12,13)4-7(14)15/h1-3H,4H2,(H,14,15). The second-order valence-corrected chi connectivity index (χ2v) is 3.28.